The van der Waals surface area contributed by atoms with Gasteiger partial charge in [0.2, 0.25) is 5.78 Å². The van der Waals surface area contributed by atoms with Crippen LogP contribution in [0.4, 0.5) is 10.2 Å². The van der Waals surface area contributed by atoms with Gasteiger partial charge in [0.05, 0.1) is 12.7 Å². The molecule has 27 heavy (non-hydrogen) atoms. The van der Waals surface area contributed by atoms with Crippen LogP contribution in [0.25, 0.3) is 0 Å². The summed E-state index contributed by atoms with van der Waals surface area (Å²) in [7, 11) is 1.27. The number of hydrogen-bond donors (Lipinski definition) is 2. The second-order valence-corrected chi connectivity index (χ2v) is 5.52. The van der Waals surface area contributed by atoms with Crippen molar-refractivity contribution in [1.29, 1.82) is 0 Å². The number of nitrogens with one attached hydrogen (secondary N) is 1. The number of ketones is 1. The van der Waals surface area contributed by atoms with Gasteiger partial charge in [0, 0.05) is 6.54 Å². The summed E-state index contributed by atoms with van der Waals surface area (Å²) in [5, 5.41) is 0. The number of benzene rings is 1. The predicted octanol–water partition coefficient (Wildman–Crippen LogP) is 0.716. The molecule has 0 saturated carbocycles. The van der Waals surface area contributed by atoms with Crippen molar-refractivity contribution in [3.8, 4) is 5.75 Å². The lowest BCUT2D eigenvalue weighted by Crippen LogP contribution is -2.37. The number of hydrogen-bond acceptors (Lipinski definition) is 7. The average Bonchev–Trinajstić information content (AvgIpc) is 2.62. The minimum atomic E-state index is -0.971. The van der Waals surface area contributed by atoms with Gasteiger partial charge in [-0.2, -0.15) is 0 Å². The van der Waals surface area contributed by atoms with Crippen molar-refractivity contribution < 1.29 is 23.5 Å². The number of nitrogens with two attached hydrogens (primary N) is 1. The summed E-state index contributed by atoms with van der Waals surface area (Å²) in [6.07, 6.45) is 0.543. The van der Waals surface area contributed by atoms with Crippen LogP contribution in [0.1, 0.15) is 34.1 Å². The molecule has 3 N–H and O–H groups in total. The lowest BCUT2D eigenvalue weighted by Gasteiger charge is -2.11. The highest BCUT2D eigenvalue weighted by atomic mass is 19.1. The number of carbonyl (C=O) groups excluding carboxylic acids is 2. The van der Waals surface area contributed by atoms with Gasteiger partial charge >= 0.3 is 11.7 Å². The number of nitrogens with zero attached hydrogens (tertiary/aromatic N) is 1. The van der Waals surface area contributed by atoms with Crippen LogP contribution in [-0.4, -0.2) is 35.0 Å². The molecule has 0 aliphatic rings. The number of Topliss-reactive ketones (excluding diaryl/α,β-unsaturated/α-hetero) is 1. The van der Waals surface area contributed by atoms with Crippen LogP contribution in [0.5, 0.6) is 5.75 Å². The summed E-state index contributed by atoms with van der Waals surface area (Å²) in [5.41, 5.74) is 3.44. The van der Waals surface area contributed by atoms with Gasteiger partial charge in [-0.1, -0.05) is 6.92 Å². The molecule has 9 nitrogen and oxygen atoms in total. The monoisotopic (exact) mass is 379 g/mol. The molecule has 2 rings (SSSR count). The van der Waals surface area contributed by atoms with Crippen molar-refractivity contribution >= 4 is 17.6 Å². The number of H-pyrrole nitrogens is 1. The van der Waals surface area contributed by atoms with E-state index in [1.165, 1.54) is 19.2 Å². The van der Waals surface area contributed by atoms with E-state index in [-0.39, 0.29) is 23.7 Å². The quantitative estimate of drug-likeness (QED) is 0.535. The number of esters is 1. The van der Waals surface area contributed by atoms with Gasteiger partial charge in [-0.25, -0.2) is 14.0 Å². The van der Waals surface area contributed by atoms with Gasteiger partial charge in [0.25, 0.3) is 5.56 Å². The van der Waals surface area contributed by atoms with Crippen LogP contribution >= 0.6 is 0 Å². The van der Waals surface area contributed by atoms with Crippen LogP contribution in [0.3, 0.4) is 0 Å². The lowest BCUT2D eigenvalue weighted by molar-refractivity contribution is 0.0473. The number of halogens is 1. The van der Waals surface area contributed by atoms with Crippen LogP contribution < -0.4 is 21.7 Å². The Morgan fingerprint density at radius 1 is 1.30 bits per heavy atom. The Morgan fingerprint density at radius 2 is 2.00 bits per heavy atom. The number of carbonyl (C=O) groups is 2. The Morgan fingerprint density at radius 3 is 2.59 bits per heavy atom. The van der Waals surface area contributed by atoms with E-state index in [4.69, 9.17) is 15.2 Å². The molecule has 0 aliphatic heterocycles. The van der Waals surface area contributed by atoms with Gasteiger partial charge in [-0.05, 0) is 24.6 Å². The summed E-state index contributed by atoms with van der Waals surface area (Å²) < 4.78 is 24.3. The van der Waals surface area contributed by atoms with E-state index in [1.807, 2.05) is 4.98 Å². The predicted molar refractivity (Wildman–Crippen MR) is 93.6 cm³/mol. The number of nitrogen functional groups attached to an aromatic ring is 1. The third kappa shape index (κ3) is 4.22. The molecule has 2 aromatic rings. The zero-order chi connectivity index (χ0) is 20.1. The van der Waals surface area contributed by atoms with E-state index in [2.05, 4.69) is 0 Å². The second kappa shape index (κ2) is 8.30. The fourth-order valence-electron chi connectivity index (χ4n) is 2.38. The fourth-order valence-corrected chi connectivity index (χ4v) is 2.38. The third-order valence-corrected chi connectivity index (χ3v) is 3.69. The largest absolute Gasteiger partial charge is 0.494 e. The van der Waals surface area contributed by atoms with Gasteiger partial charge in [-0.3, -0.25) is 19.1 Å². The number of aromatic nitrogens is 2. The first-order valence-electron chi connectivity index (χ1n) is 7.96. The van der Waals surface area contributed by atoms with E-state index in [1.54, 1.807) is 6.92 Å². The van der Waals surface area contributed by atoms with Crippen LogP contribution in [-0.2, 0) is 11.3 Å². The highest BCUT2D eigenvalue weighted by Gasteiger charge is 2.21. The van der Waals surface area contributed by atoms with Crippen molar-refractivity contribution in [3.63, 3.8) is 0 Å². The Labute approximate surface area is 152 Å². The van der Waals surface area contributed by atoms with E-state index < -0.39 is 41.0 Å². The number of ether oxygens (including phenoxy) is 2. The van der Waals surface area contributed by atoms with Crippen molar-refractivity contribution in [2.75, 3.05) is 19.5 Å². The molecule has 0 radical (unpaired) electrons. The molecule has 1 aromatic heterocycles. The second-order valence-electron chi connectivity index (χ2n) is 5.52. The topological polar surface area (TPSA) is 133 Å². The van der Waals surface area contributed by atoms with E-state index >= 15 is 0 Å². The summed E-state index contributed by atoms with van der Waals surface area (Å²) in [6.45, 7) is 1.19. The molecular formula is C17H18FN3O6. The number of anilines is 1. The number of methoxy groups -OCH3 is 1. The smallest absolute Gasteiger partial charge is 0.338 e. The molecule has 0 fully saturated rings. The molecule has 0 bridgehead atoms. The Kier molecular flexibility index (Phi) is 6.11. The van der Waals surface area contributed by atoms with Gasteiger partial charge < -0.3 is 15.2 Å². The first-order valence-corrected chi connectivity index (χ1v) is 7.96. The van der Waals surface area contributed by atoms with Crippen molar-refractivity contribution in [1.82, 2.24) is 9.55 Å². The van der Waals surface area contributed by atoms with Crippen LogP contribution in [0, 0.1) is 5.82 Å². The van der Waals surface area contributed by atoms with Gasteiger partial charge in [0.1, 0.15) is 11.4 Å². The fraction of sp³-hybridized carbons (Fsp3) is 0.294. The Balaban J connectivity index is 2.20. The lowest BCUT2D eigenvalue weighted by atomic mass is 10.2. The molecule has 0 unspecified atom stereocenters. The molecule has 0 atom stereocenters. The summed E-state index contributed by atoms with van der Waals surface area (Å²) >= 11 is 0. The first kappa shape index (κ1) is 19.9. The van der Waals surface area contributed by atoms with E-state index in [9.17, 15) is 23.6 Å². The van der Waals surface area contributed by atoms with Gasteiger partial charge in [-0.15, -0.1) is 0 Å². The number of aromatic amines is 1. The molecule has 1 heterocycles. The zero-order valence-corrected chi connectivity index (χ0v) is 14.7. The van der Waals surface area contributed by atoms with E-state index in [0.717, 1.165) is 10.6 Å². The van der Waals surface area contributed by atoms with Crippen LogP contribution in [0.15, 0.2) is 27.8 Å². The summed E-state index contributed by atoms with van der Waals surface area (Å²) in [4.78, 5) is 49.9. The maximum Gasteiger partial charge on any atom is 0.338 e. The third-order valence-electron chi connectivity index (χ3n) is 3.69. The molecule has 0 amide bonds. The van der Waals surface area contributed by atoms with Crippen LogP contribution in [0.2, 0.25) is 0 Å². The molecular weight excluding hydrogens is 361 g/mol. The maximum absolute atomic E-state index is 13.6. The highest BCUT2D eigenvalue weighted by Crippen LogP contribution is 2.18. The molecule has 10 heteroatoms. The van der Waals surface area contributed by atoms with Gasteiger partial charge in [0.15, 0.2) is 18.2 Å². The Bertz CT molecular complexity index is 995. The SMILES string of the molecule is CCCn1c(N)c(C(=O)COC(=O)c2ccc(OC)c(F)c2)c(=O)[nH]c1=O. The highest BCUT2D eigenvalue weighted by molar-refractivity contribution is 6.02. The molecule has 0 spiro atoms. The average molecular weight is 379 g/mol. The normalized spacial score (nSPS) is 10.5. The molecule has 0 saturated heterocycles. The summed E-state index contributed by atoms with van der Waals surface area (Å²) in [5.74, 6) is -2.99. The van der Waals surface area contributed by atoms with Crippen molar-refractivity contribution in [3.05, 3.63) is 56.0 Å². The number of rotatable bonds is 7. The Hall–Kier alpha value is -3.43. The first-order chi connectivity index (χ1) is 12.8. The zero-order valence-electron chi connectivity index (χ0n) is 14.7. The maximum atomic E-state index is 13.6. The molecule has 1 aromatic carbocycles. The molecule has 0 aliphatic carbocycles. The minimum absolute atomic E-state index is 0.0554. The standard InChI is InChI=1S/C17H18FN3O6/c1-3-6-21-14(19)13(15(23)20-17(21)25)11(22)8-27-16(24)9-4-5-12(26-2)10(18)7-9/h4-5,7H,3,6,8,19H2,1-2H3,(H,20,23,25). The minimum Gasteiger partial charge on any atom is -0.494 e. The van der Waals surface area contributed by atoms with Crippen molar-refractivity contribution in [2.24, 2.45) is 0 Å². The van der Waals surface area contributed by atoms with E-state index in [0.29, 0.717) is 6.42 Å². The van der Waals surface area contributed by atoms with Crippen molar-refractivity contribution in [2.45, 2.75) is 19.9 Å². The molecule has 144 valence electrons. The summed E-state index contributed by atoms with van der Waals surface area (Å²) in [6, 6.07) is 3.39.